The number of nitrogens with one attached hydrogen (secondary N) is 1. The molecule has 2 nitrogen and oxygen atoms in total. The van der Waals surface area contributed by atoms with Gasteiger partial charge in [0.15, 0.2) is 0 Å². The minimum absolute atomic E-state index is 0.103. The second-order valence-electron chi connectivity index (χ2n) is 7.51. The van der Waals surface area contributed by atoms with Crippen LogP contribution >= 0.6 is 0 Å². The number of aryl methyl sites for hydroxylation is 1. The summed E-state index contributed by atoms with van der Waals surface area (Å²) in [5.74, 6) is -0.471. The van der Waals surface area contributed by atoms with Crippen LogP contribution in [0.15, 0.2) is 42.5 Å². The normalized spacial score (nSPS) is 11.5. The van der Waals surface area contributed by atoms with Crippen molar-refractivity contribution < 1.29 is 9.18 Å². The summed E-state index contributed by atoms with van der Waals surface area (Å²) in [6.07, 6.45) is 22.3. The molecule has 0 saturated heterocycles. The third-order valence-electron chi connectivity index (χ3n) is 4.75. The lowest BCUT2D eigenvalue weighted by molar-refractivity contribution is -0.116. The minimum Gasteiger partial charge on any atom is -0.324 e. The van der Waals surface area contributed by atoms with Crippen LogP contribution in [0.1, 0.15) is 89.5 Å². The molecule has 0 bridgehead atoms. The largest absolute Gasteiger partial charge is 0.324 e. The third-order valence-corrected chi connectivity index (χ3v) is 4.75. The molecule has 1 N–H and O–H groups in total. The van der Waals surface area contributed by atoms with E-state index in [1.54, 1.807) is 12.1 Å². The summed E-state index contributed by atoms with van der Waals surface area (Å²) in [5, 5.41) is 2.66. The Kier molecular flexibility index (Phi) is 13.9. The first kappa shape index (κ1) is 24.1. The Morgan fingerprint density at radius 1 is 0.929 bits per heavy atom. The van der Waals surface area contributed by atoms with E-state index in [2.05, 4.69) is 36.5 Å². The molecule has 0 unspecified atom stereocenters. The summed E-state index contributed by atoms with van der Waals surface area (Å²) in [6.45, 7) is 4.06. The molecule has 0 aliphatic rings. The van der Waals surface area contributed by atoms with E-state index in [1.165, 1.54) is 44.6 Å². The van der Waals surface area contributed by atoms with E-state index in [0.717, 1.165) is 37.7 Å². The molecule has 1 aromatic rings. The molecular formula is C25H38FNO. The van der Waals surface area contributed by atoms with Crippen LogP contribution in [-0.4, -0.2) is 5.91 Å². The van der Waals surface area contributed by atoms with Crippen LogP contribution in [0.4, 0.5) is 10.1 Å². The SMILES string of the molecule is CCCCC/C=C\C/C=C\CCCCCCCC(=O)Nc1ccc(C)cc1F. The Labute approximate surface area is 171 Å². The van der Waals surface area contributed by atoms with Gasteiger partial charge in [-0.1, -0.05) is 69.4 Å². The minimum atomic E-state index is -0.367. The molecule has 28 heavy (non-hydrogen) atoms. The van der Waals surface area contributed by atoms with Gasteiger partial charge in [-0.2, -0.15) is 0 Å². The first-order chi connectivity index (χ1) is 13.6. The van der Waals surface area contributed by atoms with Crippen LogP contribution in [0.5, 0.6) is 0 Å². The van der Waals surface area contributed by atoms with Gasteiger partial charge < -0.3 is 5.32 Å². The van der Waals surface area contributed by atoms with Gasteiger partial charge in [0.25, 0.3) is 0 Å². The molecule has 0 radical (unpaired) electrons. The van der Waals surface area contributed by atoms with Crippen LogP contribution < -0.4 is 5.32 Å². The second-order valence-corrected chi connectivity index (χ2v) is 7.51. The average Bonchev–Trinajstić information content (AvgIpc) is 2.67. The Morgan fingerprint density at radius 2 is 1.57 bits per heavy atom. The summed E-state index contributed by atoms with van der Waals surface area (Å²) in [6, 6.07) is 4.86. The van der Waals surface area contributed by atoms with Gasteiger partial charge in [-0.3, -0.25) is 4.79 Å². The molecular weight excluding hydrogens is 349 g/mol. The van der Waals surface area contributed by atoms with Crippen molar-refractivity contribution >= 4 is 11.6 Å². The molecule has 0 fully saturated rings. The predicted molar refractivity (Wildman–Crippen MR) is 119 cm³/mol. The molecule has 0 spiro atoms. The number of carbonyl (C=O) groups is 1. The smallest absolute Gasteiger partial charge is 0.224 e. The fourth-order valence-corrected chi connectivity index (χ4v) is 3.03. The number of carbonyl (C=O) groups excluding carboxylic acids is 1. The zero-order chi connectivity index (χ0) is 20.5. The molecule has 0 saturated carbocycles. The third kappa shape index (κ3) is 12.5. The van der Waals surface area contributed by atoms with Crippen molar-refractivity contribution in [1.29, 1.82) is 0 Å². The zero-order valence-electron chi connectivity index (χ0n) is 17.8. The van der Waals surface area contributed by atoms with E-state index in [0.29, 0.717) is 6.42 Å². The first-order valence-corrected chi connectivity index (χ1v) is 11.0. The number of rotatable bonds is 15. The molecule has 1 rings (SSSR count). The second kappa shape index (κ2) is 16.1. The number of benzene rings is 1. The fourth-order valence-electron chi connectivity index (χ4n) is 3.03. The Morgan fingerprint density at radius 3 is 2.25 bits per heavy atom. The van der Waals surface area contributed by atoms with Gasteiger partial charge >= 0.3 is 0 Å². The zero-order valence-corrected chi connectivity index (χ0v) is 17.8. The number of anilines is 1. The van der Waals surface area contributed by atoms with Gasteiger partial charge in [0.1, 0.15) is 5.82 Å². The van der Waals surface area contributed by atoms with Crippen molar-refractivity contribution in [3.63, 3.8) is 0 Å². The summed E-state index contributed by atoms with van der Waals surface area (Å²) in [7, 11) is 0. The number of hydrogen-bond acceptors (Lipinski definition) is 1. The maximum Gasteiger partial charge on any atom is 0.224 e. The van der Waals surface area contributed by atoms with Gasteiger partial charge in [0, 0.05) is 6.42 Å². The lowest BCUT2D eigenvalue weighted by atomic mass is 10.1. The molecule has 0 aliphatic heterocycles. The average molecular weight is 388 g/mol. The van der Waals surface area contributed by atoms with Crippen molar-refractivity contribution in [3.8, 4) is 0 Å². The number of unbranched alkanes of at least 4 members (excludes halogenated alkanes) is 8. The van der Waals surface area contributed by atoms with E-state index in [1.807, 2.05) is 6.92 Å². The van der Waals surface area contributed by atoms with Crippen LogP contribution in [0.2, 0.25) is 0 Å². The van der Waals surface area contributed by atoms with Crippen molar-refractivity contribution in [2.45, 2.75) is 90.9 Å². The van der Waals surface area contributed by atoms with Crippen molar-refractivity contribution in [2.75, 3.05) is 5.32 Å². The predicted octanol–water partition coefficient (Wildman–Crippen LogP) is 7.89. The first-order valence-electron chi connectivity index (χ1n) is 11.0. The van der Waals surface area contributed by atoms with Gasteiger partial charge in [-0.25, -0.2) is 4.39 Å². The Hall–Kier alpha value is -1.90. The highest BCUT2D eigenvalue weighted by atomic mass is 19.1. The van der Waals surface area contributed by atoms with Gasteiger partial charge in [0.05, 0.1) is 5.69 Å². The Bertz CT molecular complexity index is 607. The molecule has 0 heterocycles. The molecule has 3 heteroatoms. The maximum absolute atomic E-state index is 13.7. The van der Waals surface area contributed by atoms with E-state index in [9.17, 15) is 9.18 Å². The van der Waals surface area contributed by atoms with E-state index in [-0.39, 0.29) is 17.4 Å². The number of halogens is 1. The summed E-state index contributed by atoms with van der Waals surface area (Å²) in [5.41, 5.74) is 1.13. The lowest BCUT2D eigenvalue weighted by Crippen LogP contribution is -2.12. The van der Waals surface area contributed by atoms with Crippen LogP contribution in [0.25, 0.3) is 0 Å². The monoisotopic (exact) mass is 387 g/mol. The van der Waals surface area contributed by atoms with E-state index < -0.39 is 0 Å². The highest BCUT2D eigenvalue weighted by Gasteiger charge is 2.06. The maximum atomic E-state index is 13.7. The topological polar surface area (TPSA) is 29.1 Å². The Balaban J connectivity index is 1.96. The highest BCUT2D eigenvalue weighted by Crippen LogP contribution is 2.16. The highest BCUT2D eigenvalue weighted by molar-refractivity contribution is 5.90. The summed E-state index contributed by atoms with van der Waals surface area (Å²) < 4.78 is 13.7. The van der Waals surface area contributed by atoms with Crippen LogP contribution in [0, 0.1) is 12.7 Å². The van der Waals surface area contributed by atoms with Crippen molar-refractivity contribution in [3.05, 3.63) is 53.9 Å². The van der Waals surface area contributed by atoms with Crippen molar-refractivity contribution in [2.24, 2.45) is 0 Å². The summed E-state index contributed by atoms with van der Waals surface area (Å²) in [4.78, 5) is 11.9. The molecule has 0 atom stereocenters. The molecule has 0 aliphatic carbocycles. The quantitative estimate of drug-likeness (QED) is 0.240. The number of amides is 1. The van der Waals surface area contributed by atoms with Gasteiger partial charge in [-0.05, 0) is 63.1 Å². The van der Waals surface area contributed by atoms with Gasteiger partial charge in [-0.15, -0.1) is 0 Å². The molecule has 156 valence electrons. The van der Waals surface area contributed by atoms with Crippen LogP contribution in [0.3, 0.4) is 0 Å². The fraction of sp³-hybridized carbons (Fsp3) is 0.560. The van der Waals surface area contributed by atoms with E-state index in [4.69, 9.17) is 0 Å². The van der Waals surface area contributed by atoms with Crippen molar-refractivity contribution in [1.82, 2.24) is 0 Å². The molecule has 1 aromatic carbocycles. The summed E-state index contributed by atoms with van der Waals surface area (Å²) >= 11 is 0. The number of hydrogen-bond donors (Lipinski definition) is 1. The standard InChI is InChI=1S/C25H38FNO/c1-3-4-5-6-7-8-9-10-11-12-13-14-15-16-17-18-25(28)27-24-20-19-22(2)21-23(24)26/h7-8,10-11,19-21H,3-6,9,12-18H2,1-2H3,(H,27,28)/b8-7-,11-10-. The number of allylic oxidation sites excluding steroid dienone is 4. The van der Waals surface area contributed by atoms with Crippen LogP contribution in [-0.2, 0) is 4.79 Å². The lowest BCUT2D eigenvalue weighted by Gasteiger charge is -2.07. The van der Waals surface area contributed by atoms with E-state index >= 15 is 0 Å². The van der Waals surface area contributed by atoms with Gasteiger partial charge in [0.2, 0.25) is 5.91 Å². The molecule has 1 amide bonds. The molecule has 0 aromatic heterocycles.